The number of carbonyl (C=O) groups is 1. The molecule has 0 atom stereocenters. The number of nitrogens with zero attached hydrogens (tertiary/aromatic N) is 4. The van der Waals surface area contributed by atoms with E-state index in [1.165, 1.54) is 23.5 Å². The first-order valence-electron chi connectivity index (χ1n) is 8.92. The molecule has 3 heterocycles. The summed E-state index contributed by atoms with van der Waals surface area (Å²) < 4.78 is 26.7. The van der Waals surface area contributed by atoms with Crippen molar-refractivity contribution in [1.29, 1.82) is 0 Å². The minimum Gasteiger partial charge on any atom is -0.454 e. The van der Waals surface area contributed by atoms with E-state index in [4.69, 9.17) is 9.47 Å². The molecule has 1 amide bonds. The van der Waals surface area contributed by atoms with Crippen molar-refractivity contribution in [2.75, 3.05) is 18.2 Å². The fourth-order valence-corrected chi connectivity index (χ4v) is 4.12. The van der Waals surface area contributed by atoms with E-state index in [-0.39, 0.29) is 18.5 Å². The van der Waals surface area contributed by atoms with Gasteiger partial charge in [-0.2, -0.15) is 5.10 Å². The van der Waals surface area contributed by atoms with E-state index in [0.717, 1.165) is 0 Å². The lowest BCUT2D eigenvalue weighted by molar-refractivity contribution is 0.0985. The molecule has 5 rings (SSSR count). The number of ether oxygens (including phenoxy) is 2. The molecule has 29 heavy (non-hydrogen) atoms. The average Bonchev–Trinajstić information content (AvgIpc) is 3.47. The molecule has 1 aliphatic rings. The Morgan fingerprint density at radius 1 is 1.21 bits per heavy atom. The summed E-state index contributed by atoms with van der Waals surface area (Å²) in [5.74, 6) is 0.585. The Morgan fingerprint density at radius 3 is 2.97 bits per heavy atom. The molecule has 7 nitrogen and oxygen atoms in total. The quantitative estimate of drug-likeness (QED) is 0.502. The average molecular weight is 410 g/mol. The van der Waals surface area contributed by atoms with Crippen molar-refractivity contribution in [2.45, 2.75) is 6.54 Å². The van der Waals surface area contributed by atoms with Gasteiger partial charge in [-0.05, 0) is 42.5 Å². The van der Waals surface area contributed by atoms with Gasteiger partial charge in [0.1, 0.15) is 5.82 Å². The number of fused-ring (bicyclic) bond motifs is 2. The van der Waals surface area contributed by atoms with Crippen molar-refractivity contribution in [3.63, 3.8) is 0 Å². The summed E-state index contributed by atoms with van der Waals surface area (Å²) in [7, 11) is 0. The summed E-state index contributed by atoms with van der Waals surface area (Å²) in [6.45, 7) is 0.990. The number of anilines is 1. The smallest absolute Gasteiger partial charge is 0.260 e. The molecule has 0 fully saturated rings. The highest BCUT2D eigenvalue weighted by Gasteiger charge is 2.24. The second-order valence-electron chi connectivity index (χ2n) is 6.40. The van der Waals surface area contributed by atoms with Crippen LogP contribution in [0.3, 0.4) is 0 Å². The monoisotopic (exact) mass is 410 g/mol. The Kier molecular flexibility index (Phi) is 4.36. The number of thiazole rings is 1. The normalized spacial score (nSPS) is 12.4. The van der Waals surface area contributed by atoms with Gasteiger partial charge in [-0.25, -0.2) is 9.37 Å². The highest BCUT2D eigenvalue weighted by Crippen LogP contribution is 2.34. The Morgan fingerprint density at radius 2 is 2.10 bits per heavy atom. The molecule has 0 saturated carbocycles. The zero-order valence-corrected chi connectivity index (χ0v) is 15.9. The van der Waals surface area contributed by atoms with Crippen molar-refractivity contribution in [2.24, 2.45) is 0 Å². The van der Waals surface area contributed by atoms with E-state index in [0.29, 0.717) is 45.5 Å². The van der Waals surface area contributed by atoms with Crippen LogP contribution in [-0.2, 0) is 6.54 Å². The lowest BCUT2D eigenvalue weighted by atomic mass is 10.2. The van der Waals surface area contributed by atoms with Crippen LogP contribution < -0.4 is 14.4 Å². The second kappa shape index (κ2) is 7.17. The van der Waals surface area contributed by atoms with E-state index >= 15 is 0 Å². The second-order valence-corrected chi connectivity index (χ2v) is 7.41. The van der Waals surface area contributed by atoms with Gasteiger partial charge >= 0.3 is 0 Å². The minimum atomic E-state index is -0.335. The summed E-state index contributed by atoms with van der Waals surface area (Å²) in [5, 5.41) is 4.69. The molecule has 2 aromatic heterocycles. The molecule has 2 aromatic carbocycles. The zero-order valence-electron chi connectivity index (χ0n) is 15.1. The molecule has 0 spiro atoms. The molecular weight excluding hydrogens is 395 g/mol. The molecular formula is C20H15FN4O3S. The Balaban J connectivity index is 1.50. The Hall–Kier alpha value is -3.46. The van der Waals surface area contributed by atoms with Crippen LogP contribution in [0.15, 0.2) is 54.9 Å². The van der Waals surface area contributed by atoms with Gasteiger partial charge in [-0.3, -0.25) is 14.4 Å². The van der Waals surface area contributed by atoms with E-state index < -0.39 is 0 Å². The predicted octanol–water partition coefficient (Wildman–Crippen LogP) is 3.71. The molecule has 146 valence electrons. The summed E-state index contributed by atoms with van der Waals surface area (Å²) >= 11 is 1.27. The third-order valence-electron chi connectivity index (χ3n) is 4.55. The molecule has 0 radical (unpaired) electrons. The molecule has 1 aliphatic heterocycles. The molecule has 0 bridgehead atoms. The maximum absolute atomic E-state index is 13.6. The van der Waals surface area contributed by atoms with Gasteiger partial charge < -0.3 is 9.47 Å². The molecule has 9 heteroatoms. The number of aromatic nitrogens is 3. The topological polar surface area (TPSA) is 69.5 Å². The maximum atomic E-state index is 13.6. The zero-order chi connectivity index (χ0) is 19.8. The van der Waals surface area contributed by atoms with Crippen molar-refractivity contribution < 1.29 is 18.7 Å². The summed E-state index contributed by atoms with van der Waals surface area (Å²) in [5.41, 5.74) is 1.11. The van der Waals surface area contributed by atoms with Crippen LogP contribution in [0, 0.1) is 5.82 Å². The van der Waals surface area contributed by atoms with Gasteiger partial charge in [0.25, 0.3) is 5.91 Å². The van der Waals surface area contributed by atoms with Crippen LogP contribution in [0.2, 0.25) is 0 Å². The predicted molar refractivity (Wildman–Crippen MR) is 106 cm³/mol. The van der Waals surface area contributed by atoms with E-state index in [2.05, 4.69) is 10.1 Å². The van der Waals surface area contributed by atoms with Crippen LogP contribution in [-0.4, -0.2) is 34.0 Å². The molecule has 0 saturated heterocycles. The molecule has 0 N–H and O–H groups in total. The SMILES string of the molecule is O=C(c1ccc2c(c1)OCO2)N(CCn1cccn1)c1nc2ccc(F)cc2s1. The lowest BCUT2D eigenvalue weighted by Gasteiger charge is -2.20. The van der Waals surface area contributed by atoms with Crippen molar-refractivity contribution in [3.05, 3.63) is 66.2 Å². The van der Waals surface area contributed by atoms with Gasteiger partial charge in [0.15, 0.2) is 16.6 Å². The first kappa shape index (κ1) is 17.6. The van der Waals surface area contributed by atoms with E-state index in [1.807, 2.05) is 12.3 Å². The van der Waals surface area contributed by atoms with Crippen LogP contribution in [0.4, 0.5) is 9.52 Å². The van der Waals surface area contributed by atoms with Crippen LogP contribution in [0.25, 0.3) is 10.2 Å². The lowest BCUT2D eigenvalue weighted by Crippen LogP contribution is -2.34. The van der Waals surface area contributed by atoms with Gasteiger partial charge in [-0.15, -0.1) is 0 Å². The largest absolute Gasteiger partial charge is 0.454 e. The standard InChI is InChI=1S/C20H15FN4O3S/c21-14-3-4-15-18(11-14)29-20(23-15)25(9-8-24-7-1-6-22-24)19(26)13-2-5-16-17(10-13)28-12-27-16/h1-7,10-11H,8-9,12H2. The number of amides is 1. The van der Waals surface area contributed by atoms with E-state index in [9.17, 15) is 9.18 Å². The fraction of sp³-hybridized carbons (Fsp3) is 0.150. The highest BCUT2D eigenvalue weighted by molar-refractivity contribution is 7.22. The maximum Gasteiger partial charge on any atom is 0.260 e. The number of benzene rings is 2. The van der Waals surface area contributed by atoms with Crippen molar-refractivity contribution >= 4 is 32.6 Å². The molecule has 0 aliphatic carbocycles. The minimum absolute atomic E-state index is 0.138. The first-order valence-corrected chi connectivity index (χ1v) is 9.74. The number of hydrogen-bond donors (Lipinski definition) is 0. The van der Waals surface area contributed by atoms with E-state index in [1.54, 1.807) is 40.0 Å². The third kappa shape index (κ3) is 3.40. The van der Waals surface area contributed by atoms with Crippen LogP contribution in [0.1, 0.15) is 10.4 Å². The summed E-state index contributed by atoms with van der Waals surface area (Å²) in [4.78, 5) is 19.5. The third-order valence-corrected chi connectivity index (χ3v) is 5.59. The number of hydrogen-bond acceptors (Lipinski definition) is 6. The van der Waals surface area contributed by atoms with Crippen molar-refractivity contribution in [1.82, 2.24) is 14.8 Å². The Bertz CT molecular complexity index is 1190. The van der Waals surface area contributed by atoms with Crippen molar-refractivity contribution in [3.8, 4) is 11.5 Å². The molecule has 0 unspecified atom stereocenters. The summed E-state index contributed by atoms with van der Waals surface area (Å²) in [6.07, 6.45) is 3.52. The van der Waals surface area contributed by atoms with Crippen LogP contribution >= 0.6 is 11.3 Å². The van der Waals surface area contributed by atoms with Gasteiger partial charge in [0.2, 0.25) is 6.79 Å². The first-order chi connectivity index (χ1) is 14.2. The molecule has 4 aromatic rings. The van der Waals surface area contributed by atoms with Gasteiger partial charge in [0.05, 0.1) is 16.8 Å². The van der Waals surface area contributed by atoms with Gasteiger partial charge in [0, 0.05) is 24.5 Å². The van der Waals surface area contributed by atoms with Crippen LogP contribution in [0.5, 0.6) is 11.5 Å². The fourth-order valence-electron chi connectivity index (χ4n) is 3.11. The number of rotatable bonds is 5. The summed E-state index contributed by atoms with van der Waals surface area (Å²) in [6, 6.07) is 11.3. The van der Waals surface area contributed by atoms with Gasteiger partial charge in [-0.1, -0.05) is 11.3 Å². The Labute approximate surface area is 168 Å². The number of carbonyl (C=O) groups excluding carboxylic acids is 1. The highest BCUT2D eigenvalue weighted by atomic mass is 32.1. The number of halogens is 1.